The molecule has 0 spiro atoms. The molecule has 1 N–H and O–H groups in total. The summed E-state index contributed by atoms with van der Waals surface area (Å²) in [5.41, 5.74) is 0.953. The minimum absolute atomic E-state index is 0.101. The van der Waals surface area contributed by atoms with E-state index in [1.54, 1.807) is 6.07 Å². The van der Waals surface area contributed by atoms with Crippen molar-refractivity contribution in [2.45, 2.75) is 33.1 Å². The minimum Gasteiger partial charge on any atom is -0.319 e. The first kappa shape index (κ1) is 14.7. The number of halogens is 2. The zero-order valence-electron chi connectivity index (χ0n) is 10.8. The fourth-order valence-electron chi connectivity index (χ4n) is 2.27. The Morgan fingerprint density at radius 2 is 1.94 bits per heavy atom. The van der Waals surface area contributed by atoms with Crippen molar-refractivity contribution in [3.05, 3.63) is 34.1 Å². The molecule has 96 valence electrons. The highest BCUT2D eigenvalue weighted by atomic mass is 79.9. The number of rotatable bonds is 6. The summed E-state index contributed by atoms with van der Waals surface area (Å²) in [6.07, 6.45) is 2.89. The summed E-state index contributed by atoms with van der Waals surface area (Å²) in [6.45, 7) is 5.28. The van der Waals surface area contributed by atoms with Crippen molar-refractivity contribution >= 4 is 15.9 Å². The third-order valence-corrected chi connectivity index (χ3v) is 4.12. The Kier molecular flexibility index (Phi) is 5.60. The molecule has 0 unspecified atom stereocenters. The van der Waals surface area contributed by atoms with Crippen molar-refractivity contribution in [1.82, 2.24) is 5.32 Å². The summed E-state index contributed by atoms with van der Waals surface area (Å²) >= 11 is 3.40. The molecule has 0 aromatic heterocycles. The van der Waals surface area contributed by atoms with Crippen LogP contribution in [0.25, 0.3) is 0 Å². The average molecular weight is 302 g/mol. The first-order valence-electron chi connectivity index (χ1n) is 6.15. The third kappa shape index (κ3) is 3.78. The molecule has 1 aromatic rings. The van der Waals surface area contributed by atoms with Crippen molar-refractivity contribution in [2.75, 3.05) is 13.6 Å². The molecule has 0 aliphatic carbocycles. The van der Waals surface area contributed by atoms with Crippen molar-refractivity contribution in [2.24, 2.45) is 5.41 Å². The van der Waals surface area contributed by atoms with E-state index in [0.717, 1.165) is 35.8 Å². The van der Waals surface area contributed by atoms with E-state index in [2.05, 4.69) is 35.1 Å². The van der Waals surface area contributed by atoms with Crippen LogP contribution in [-0.4, -0.2) is 13.6 Å². The molecule has 0 fully saturated rings. The second-order valence-corrected chi connectivity index (χ2v) is 5.57. The van der Waals surface area contributed by atoms with Gasteiger partial charge in [-0.15, -0.1) is 0 Å². The number of hydrogen-bond acceptors (Lipinski definition) is 1. The minimum atomic E-state index is -0.101. The van der Waals surface area contributed by atoms with Gasteiger partial charge in [-0.1, -0.05) is 29.8 Å². The molecule has 1 nitrogen and oxygen atoms in total. The Bertz CT molecular complexity index is 361. The van der Waals surface area contributed by atoms with Crippen LogP contribution in [0.1, 0.15) is 32.3 Å². The first-order chi connectivity index (χ1) is 8.06. The van der Waals surface area contributed by atoms with Gasteiger partial charge in [0, 0.05) is 11.0 Å². The predicted octanol–water partition coefficient (Wildman–Crippen LogP) is 4.16. The quantitative estimate of drug-likeness (QED) is 0.832. The highest BCUT2D eigenvalue weighted by molar-refractivity contribution is 9.10. The Balaban J connectivity index is 2.96. The largest absolute Gasteiger partial charge is 0.319 e. The second-order valence-electron chi connectivity index (χ2n) is 4.65. The molecule has 0 saturated carbocycles. The maximum absolute atomic E-state index is 13.8. The third-order valence-electron chi connectivity index (χ3n) is 3.62. The Morgan fingerprint density at radius 1 is 1.29 bits per heavy atom. The monoisotopic (exact) mass is 301 g/mol. The van der Waals surface area contributed by atoms with Gasteiger partial charge in [0.05, 0.1) is 0 Å². The number of benzene rings is 1. The van der Waals surface area contributed by atoms with Gasteiger partial charge in [0.2, 0.25) is 0 Å². The van der Waals surface area contributed by atoms with Crippen LogP contribution < -0.4 is 5.32 Å². The summed E-state index contributed by atoms with van der Waals surface area (Å²) in [7, 11) is 1.96. The van der Waals surface area contributed by atoms with E-state index >= 15 is 0 Å². The Hall–Kier alpha value is -0.410. The number of nitrogens with one attached hydrogen (secondary N) is 1. The van der Waals surface area contributed by atoms with Crippen molar-refractivity contribution < 1.29 is 4.39 Å². The van der Waals surface area contributed by atoms with Crippen LogP contribution in [0.15, 0.2) is 22.7 Å². The maximum atomic E-state index is 13.8. The summed E-state index contributed by atoms with van der Waals surface area (Å²) in [6, 6.07) is 5.18. The molecule has 0 bridgehead atoms. The fourth-order valence-corrected chi connectivity index (χ4v) is 2.68. The summed E-state index contributed by atoms with van der Waals surface area (Å²) in [4.78, 5) is 0. The summed E-state index contributed by atoms with van der Waals surface area (Å²) in [5.74, 6) is -0.101. The van der Waals surface area contributed by atoms with Gasteiger partial charge in [0.25, 0.3) is 0 Å². The average Bonchev–Trinajstić information content (AvgIpc) is 2.33. The maximum Gasteiger partial charge on any atom is 0.126 e. The first-order valence-corrected chi connectivity index (χ1v) is 6.94. The van der Waals surface area contributed by atoms with Crippen LogP contribution in [-0.2, 0) is 6.42 Å². The highest BCUT2D eigenvalue weighted by Gasteiger charge is 2.26. The molecule has 3 heteroatoms. The van der Waals surface area contributed by atoms with Crippen molar-refractivity contribution in [3.8, 4) is 0 Å². The van der Waals surface area contributed by atoms with Gasteiger partial charge in [-0.25, -0.2) is 4.39 Å². The molecule has 0 saturated heterocycles. The van der Waals surface area contributed by atoms with E-state index in [4.69, 9.17) is 0 Å². The molecule has 17 heavy (non-hydrogen) atoms. The zero-order chi connectivity index (χ0) is 12.9. The standard InChI is InChI=1S/C14H21BrFN/c1-4-14(5-2,10-17-3)9-11-8-12(15)6-7-13(11)16/h6-8,17H,4-5,9-10H2,1-3H3. The van der Waals surface area contributed by atoms with Gasteiger partial charge in [-0.2, -0.15) is 0 Å². The topological polar surface area (TPSA) is 12.0 Å². The SMILES string of the molecule is CCC(CC)(CNC)Cc1cc(Br)ccc1F. The lowest BCUT2D eigenvalue weighted by Gasteiger charge is -2.32. The molecule has 0 aliphatic rings. The lowest BCUT2D eigenvalue weighted by atomic mass is 9.77. The van der Waals surface area contributed by atoms with Crippen LogP contribution in [0.3, 0.4) is 0 Å². The molecule has 0 radical (unpaired) electrons. The summed E-state index contributed by atoms with van der Waals surface area (Å²) in [5, 5.41) is 3.23. The van der Waals surface area contributed by atoms with Crippen molar-refractivity contribution in [1.29, 1.82) is 0 Å². The lowest BCUT2D eigenvalue weighted by Crippen LogP contribution is -2.33. The van der Waals surface area contributed by atoms with Gasteiger partial charge in [-0.3, -0.25) is 0 Å². The van der Waals surface area contributed by atoms with Crippen LogP contribution >= 0.6 is 15.9 Å². The molecule has 0 amide bonds. The van der Waals surface area contributed by atoms with Crippen LogP contribution in [0, 0.1) is 11.2 Å². The van der Waals surface area contributed by atoms with Gasteiger partial charge in [-0.05, 0) is 55.5 Å². The fraction of sp³-hybridized carbons (Fsp3) is 0.571. The molecule has 0 atom stereocenters. The highest BCUT2D eigenvalue weighted by Crippen LogP contribution is 2.32. The van der Waals surface area contributed by atoms with Gasteiger partial charge < -0.3 is 5.32 Å². The molecule has 0 aliphatic heterocycles. The van der Waals surface area contributed by atoms with Crippen molar-refractivity contribution in [3.63, 3.8) is 0 Å². The van der Waals surface area contributed by atoms with E-state index in [1.165, 1.54) is 6.07 Å². The smallest absolute Gasteiger partial charge is 0.126 e. The normalized spacial score (nSPS) is 11.8. The van der Waals surface area contributed by atoms with E-state index < -0.39 is 0 Å². The van der Waals surface area contributed by atoms with E-state index in [0.29, 0.717) is 0 Å². The molecular formula is C14H21BrFN. The van der Waals surface area contributed by atoms with E-state index in [-0.39, 0.29) is 11.2 Å². The second kappa shape index (κ2) is 6.50. The number of hydrogen-bond donors (Lipinski definition) is 1. The molecule has 1 rings (SSSR count). The molecule has 0 heterocycles. The van der Waals surface area contributed by atoms with Gasteiger partial charge in [0.1, 0.15) is 5.82 Å². The van der Waals surface area contributed by atoms with E-state index in [1.807, 2.05) is 13.1 Å². The van der Waals surface area contributed by atoms with Gasteiger partial charge >= 0.3 is 0 Å². The Labute approximate surface area is 112 Å². The Morgan fingerprint density at radius 3 is 2.47 bits per heavy atom. The molecular weight excluding hydrogens is 281 g/mol. The van der Waals surface area contributed by atoms with Crippen LogP contribution in [0.4, 0.5) is 4.39 Å². The zero-order valence-corrected chi connectivity index (χ0v) is 12.4. The van der Waals surface area contributed by atoms with Crippen LogP contribution in [0.2, 0.25) is 0 Å². The van der Waals surface area contributed by atoms with Gasteiger partial charge in [0.15, 0.2) is 0 Å². The lowest BCUT2D eigenvalue weighted by molar-refractivity contribution is 0.250. The van der Waals surface area contributed by atoms with E-state index in [9.17, 15) is 4.39 Å². The predicted molar refractivity (Wildman–Crippen MR) is 74.7 cm³/mol. The summed E-state index contributed by atoms with van der Waals surface area (Å²) < 4.78 is 14.7. The molecule has 1 aromatic carbocycles. The van der Waals surface area contributed by atoms with Crippen LogP contribution in [0.5, 0.6) is 0 Å².